The Morgan fingerprint density at radius 1 is 1.18 bits per heavy atom. The first-order valence-corrected chi connectivity index (χ1v) is 7.36. The minimum absolute atomic E-state index is 0.287. The van der Waals surface area contributed by atoms with Crippen molar-refractivity contribution in [3.63, 3.8) is 0 Å². The lowest BCUT2D eigenvalue weighted by Crippen LogP contribution is -2.53. The molecule has 0 spiro atoms. The predicted molar refractivity (Wildman–Crippen MR) is 76.5 cm³/mol. The van der Waals surface area contributed by atoms with Gasteiger partial charge in [-0.05, 0) is 12.1 Å². The number of piperazine rings is 1. The molecule has 4 nitrogen and oxygen atoms in total. The molecule has 7 heteroatoms. The topological polar surface area (TPSA) is 35.6 Å². The molecule has 0 aliphatic carbocycles. The highest BCUT2D eigenvalue weighted by molar-refractivity contribution is 5.82. The fraction of sp³-hybridized carbons (Fsp3) is 0.533. The number of anilines is 1. The molecule has 1 aromatic rings. The van der Waals surface area contributed by atoms with Gasteiger partial charge in [0.25, 0.3) is 5.92 Å². The molecule has 0 aromatic heterocycles. The van der Waals surface area contributed by atoms with Gasteiger partial charge in [0.05, 0.1) is 18.3 Å². The van der Waals surface area contributed by atoms with Gasteiger partial charge in [-0.2, -0.15) is 0 Å². The van der Waals surface area contributed by atoms with Crippen molar-refractivity contribution in [3.05, 3.63) is 30.1 Å². The minimum atomic E-state index is -2.81. The summed E-state index contributed by atoms with van der Waals surface area (Å²) in [5.74, 6) is -3.39. The molecule has 2 fully saturated rings. The SMILES string of the molecule is O=C(C1CC(F)(F)CN1)N1CCN(c2ccccc2F)CC1. The van der Waals surface area contributed by atoms with Gasteiger partial charge in [0, 0.05) is 32.6 Å². The van der Waals surface area contributed by atoms with E-state index in [0.29, 0.717) is 31.9 Å². The van der Waals surface area contributed by atoms with Crippen LogP contribution in [0.4, 0.5) is 18.9 Å². The Balaban J connectivity index is 1.58. The molecule has 2 saturated heterocycles. The molecule has 0 saturated carbocycles. The summed E-state index contributed by atoms with van der Waals surface area (Å²) >= 11 is 0. The van der Waals surface area contributed by atoms with Crippen molar-refractivity contribution in [1.82, 2.24) is 10.2 Å². The molecule has 1 N–H and O–H groups in total. The van der Waals surface area contributed by atoms with Crippen molar-refractivity contribution >= 4 is 11.6 Å². The van der Waals surface area contributed by atoms with Crippen LogP contribution in [0.15, 0.2) is 24.3 Å². The zero-order chi connectivity index (χ0) is 15.7. The predicted octanol–water partition coefficient (Wildman–Crippen LogP) is 1.47. The third kappa shape index (κ3) is 3.04. The molecule has 2 heterocycles. The van der Waals surface area contributed by atoms with Crippen molar-refractivity contribution in [1.29, 1.82) is 0 Å². The van der Waals surface area contributed by atoms with E-state index in [2.05, 4.69) is 5.32 Å². The molecule has 2 aliphatic heterocycles. The fourth-order valence-corrected chi connectivity index (χ4v) is 2.99. The van der Waals surface area contributed by atoms with E-state index in [1.165, 1.54) is 6.07 Å². The third-order valence-electron chi connectivity index (χ3n) is 4.19. The van der Waals surface area contributed by atoms with E-state index in [0.717, 1.165) is 0 Å². The lowest BCUT2D eigenvalue weighted by atomic mass is 10.1. The van der Waals surface area contributed by atoms with Crippen molar-refractivity contribution in [3.8, 4) is 0 Å². The summed E-state index contributed by atoms with van der Waals surface area (Å²) in [4.78, 5) is 15.7. The summed E-state index contributed by atoms with van der Waals surface area (Å²) in [6.45, 7) is 1.37. The largest absolute Gasteiger partial charge is 0.366 e. The molecule has 0 radical (unpaired) electrons. The lowest BCUT2D eigenvalue weighted by Gasteiger charge is -2.37. The summed E-state index contributed by atoms with van der Waals surface area (Å²) in [6.07, 6.45) is -0.445. The number of para-hydroxylation sites is 1. The van der Waals surface area contributed by atoms with Crippen molar-refractivity contribution in [2.24, 2.45) is 0 Å². The van der Waals surface area contributed by atoms with E-state index in [-0.39, 0.29) is 11.7 Å². The average molecular weight is 313 g/mol. The second kappa shape index (κ2) is 5.79. The summed E-state index contributed by atoms with van der Waals surface area (Å²) < 4.78 is 40.1. The quantitative estimate of drug-likeness (QED) is 0.898. The van der Waals surface area contributed by atoms with Crippen molar-refractivity contribution < 1.29 is 18.0 Å². The van der Waals surface area contributed by atoms with Crippen LogP contribution in [-0.2, 0) is 4.79 Å². The van der Waals surface area contributed by atoms with Crippen LogP contribution in [0.2, 0.25) is 0 Å². The second-order valence-corrected chi connectivity index (χ2v) is 5.76. The molecule has 1 aromatic carbocycles. The lowest BCUT2D eigenvalue weighted by molar-refractivity contribution is -0.134. The van der Waals surface area contributed by atoms with Crippen LogP contribution in [0.25, 0.3) is 0 Å². The van der Waals surface area contributed by atoms with Crippen LogP contribution in [0.1, 0.15) is 6.42 Å². The molecule has 22 heavy (non-hydrogen) atoms. The van der Waals surface area contributed by atoms with Gasteiger partial charge in [0.2, 0.25) is 5.91 Å². The summed E-state index contributed by atoms with van der Waals surface area (Å²) in [5.41, 5.74) is 0.514. The Morgan fingerprint density at radius 2 is 1.86 bits per heavy atom. The number of benzene rings is 1. The highest BCUT2D eigenvalue weighted by Crippen LogP contribution is 2.26. The second-order valence-electron chi connectivity index (χ2n) is 5.76. The number of amides is 1. The van der Waals surface area contributed by atoms with E-state index in [1.807, 2.05) is 4.90 Å². The van der Waals surface area contributed by atoms with Crippen LogP contribution in [-0.4, -0.2) is 55.5 Å². The molecule has 0 bridgehead atoms. The van der Waals surface area contributed by atoms with Crippen LogP contribution in [0.5, 0.6) is 0 Å². The van der Waals surface area contributed by atoms with Gasteiger partial charge in [-0.15, -0.1) is 0 Å². The molecule has 1 atom stereocenters. The van der Waals surface area contributed by atoms with Crippen LogP contribution < -0.4 is 10.2 Å². The molecular weight excluding hydrogens is 295 g/mol. The fourth-order valence-electron chi connectivity index (χ4n) is 2.99. The number of rotatable bonds is 2. The molecular formula is C15H18F3N3O. The number of hydrogen-bond acceptors (Lipinski definition) is 3. The Labute approximate surface area is 126 Å². The van der Waals surface area contributed by atoms with Gasteiger partial charge in [-0.3, -0.25) is 10.1 Å². The Kier molecular flexibility index (Phi) is 3.99. The smallest absolute Gasteiger partial charge is 0.262 e. The average Bonchev–Trinajstić information content (AvgIpc) is 2.87. The zero-order valence-corrected chi connectivity index (χ0v) is 12.1. The number of hydrogen-bond donors (Lipinski definition) is 1. The Bertz CT molecular complexity index is 559. The monoisotopic (exact) mass is 313 g/mol. The van der Waals surface area contributed by atoms with Gasteiger partial charge < -0.3 is 9.80 Å². The summed E-state index contributed by atoms with van der Waals surface area (Å²) in [5, 5.41) is 2.58. The number of nitrogens with zero attached hydrogens (tertiary/aromatic N) is 2. The maximum Gasteiger partial charge on any atom is 0.262 e. The normalized spacial score (nSPS) is 24.6. The van der Waals surface area contributed by atoms with E-state index in [4.69, 9.17) is 0 Å². The van der Waals surface area contributed by atoms with Gasteiger partial charge in [0.15, 0.2) is 0 Å². The third-order valence-corrected chi connectivity index (χ3v) is 4.19. The number of alkyl halides is 2. The van der Waals surface area contributed by atoms with E-state index in [1.54, 1.807) is 23.1 Å². The molecule has 1 amide bonds. The number of carbonyl (C=O) groups excluding carboxylic acids is 1. The van der Waals surface area contributed by atoms with E-state index >= 15 is 0 Å². The Hall–Kier alpha value is -1.76. The Morgan fingerprint density at radius 3 is 2.45 bits per heavy atom. The van der Waals surface area contributed by atoms with E-state index in [9.17, 15) is 18.0 Å². The van der Waals surface area contributed by atoms with Gasteiger partial charge in [-0.25, -0.2) is 13.2 Å². The minimum Gasteiger partial charge on any atom is -0.366 e. The van der Waals surface area contributed by atoms with Crippen molar-refractivity contribution in [2.75, 3.05) is 37.6 Å². The van der Waals surface area contributed by atoms with Gasteiger partial charge in [-0.1, -0.05) is 12.1 Å². The standard InChI is InChI=1S/C15H18F3N3O/c16-11-3-1-2-4-13(11)20-5-7-21(8-6-20)14(22)12-9-15(17,18)10-19-12/h1-4,12,19H,5-10H2. The molecule has 120 valence electrons. The van der Waals surface area contributed by atoms with E-state index < -0.39 is 24.9 Å². The van der Waals surface area contributed by atoms with Crippen molar-refractivity contribution in [2.45, 2.75) is 18.4 Å². The first-order valence-electron chi connectivity index (χ1n) is 7.36. The summed E-state index contributed by atoms with van der Waals surface area (Å²) in [7, 11) is 0. The molecule has 1 unspecified atom stereocenters. The van der Waals surface area contributed by atoms with Crippen LogP contribution in [0.3, 0.4) is 0 Å². The first kappa shape index (κ1) is 15.1. The maximum atomic E-state index is 13.7. The van der Waals surface area contributed by atoms with Gasteiger partial charge >= 0.3 is 0 Å². The number of halogens is 3. The summed E-state index contributed by atoms with van der Waals surface area (Å²) in [6, 6.07) is 5.68. The number of carbonyl (C=O) groups is 1. The maximum absolute atomic E-state index is 13.7. The number of nitrogens with one attached hydrogen (secondary N) is 1. The van der Waals surface area contributed by atoms with Crippen LogP contribution in [0, 0.1) is 5.82 Å². The first-order chi connectivity index (χ1) is 10.5. The highest BCUT2D eigenvalue weighted by Gasteiger charge is 2.43. The molecule has 3 rings (SSSR count). The zero-order valence-electron chi connectivity index (χ0n) is 12.1. The van der Waals surface area contributed by atoms with Gasteiger partial charge in [0.1, 0.15) is 5.82 Å². The van der Waals surface area contributed by atoms with Crippen LogP contribution >= 0.6 is 0 Å². The molecule has 2 aliphatic rings. The highest BCUT2D eigenvalue weighted by atomic mass is 19.3.